The van der Waals surface area contributed by atoms with E-state index in [1.807, 2.05) is 0 Å². The van der Waals surface area contributed by atoms with Gasteiger partial charge >= 0.3 is 0 Å². The SMILES string of the molecule is CCCCC(c1ccccc1)c1ccc(C)cc1. The maximum Gasteiger partial charge on any atom is 0.00893 e. The minimum atomic E-state index is 0.548. The van der Waals surface area contributed by atoms with Crippen LogP contribution < -0.4 is 0 Å². The van der Waals surface area contributed by atoms with Crippen LogP contribution in [0, 0.1) is 6.92 Å². The van der Waals surface area contributed by atoms with Crippen molar-refractivity contribution in [3.63, 3.8) is 0 Å². The van der Waals surface area contributed by atoms with Gasteiger partial charge in [0.05, 0.1) is 0 Å². The van der Waals surface area contributed by atoms with Crippen molar-refractivity contribution in [1.29, 1.82) is 0 Å². The van der Waals surface area contributed by atoms with Crippen LogP contribution in [0.2, 0.25) is 0 Å². The van der Waals surface area contributed by atoms with E-state index in [0.717, 1.165) is 0 Å². The zero-order chi connectivity index (χ0) is 12.8. The molecule has 0 heteroatoms. The van der Waals surface area contributed by atoms with Crippen LogP contribution in [0.15, 0.2) is 54.6 Å². The van der Waals surface area contributed by atoms with Gasteiger partial charge in [-0.15, -0.1) is 0 Å². The summed E-state index contributed by atoms with van der Waals surface area (Å²) < 4.78 is 0. The third kappa shape index (κ3) is 3.22. The number of rotatable bonds is 5. The van der Waals surface area contributed by atoms with Gasteiger partial charge in [0.2, 0.25) is 0 Å². The second-order valence-electron chi connectivity index (χ2n) is 5.02. The molecule has 0 aliphatic heterocycles. The number of aryl methyl sites for hydroxylation is 1. The smallest absolute Gasteiger partial charge is 0.00893 e. The van der Waals surface area contributed by atoms with Crippen molar-refractivity contribution in [3.05, 3.63) is 71.3 Å². The van der Waals surface area contributed by atoms with Crippen molar-refractivity contribution in [3.8, 4) is 0 Å². The van der Waals surface area contributed by atoms with Crippen molar-refractivity contribution < 1.29 is 0 Å². The van der Waals surface area contributed by atoms with Crippen LogP contribution in [0.3, 0.4) is 0 Å². The molecule has 0 aromatic heterocycles. The van der Waals surface area contributed by atoms with E-state index in [4.69, 9.17) is 0 Å². The number of hydrogen-bond donors (Lipinski definition) is 0. The van der Waals surface area contributed by atoms with Crippen LogP contribution >= 0.6 is 0 Å². The van der Waals surface area contributed by atoms with E-state index in [2.05, 4.69) is 68.4 Å². The Balaban J connectivity index is 2.27. The van der Waals surface area contributed by atoms with Crippen LogP contribution in [0.4, 0.5) is 0 Å². The molecule has 1 atom stereocenters. The summed E-state index contributed by atoms with van der Waals surface area (Å²) in [4.78, 5) is 0. The topological polar surface area (TPSA) is 0 Å². The van der Waals surface area contributed by atoms with Gasteiger partial charge in [-0.05, 0) is 24.5 Å². The van der Waals surface area contributed by atoms with Gasteiger partial charge in [0.15, 0.2) is 0 Å². The Morgan fingerprint density at radius 3 is 2.06 bits per heavy atom. The maximum absolute atomic E-state index is 2.28. The predicted octanol–water partition coefficient (Wildman–Crippen LogP) is 5.32. The molecule has 0 heterocycles. The minimum Gasteiger partial charge on any atom is -0.0654 e. The Hall–Kier alpha value is -1.56. The molecule has 0 N–H and O–H groups in total. The maximum atomic E-state index is 2.28. The molecule has 0 fully saturated rings. The summed E-state index contributed by atoms with van der Waals surface area (Å²) in [5, 5.41) is 0. The molecule has 0 aliphatic rings. The molecule has 0 bridgehead atoms. The van der Waals surface area contributed by atoms with Gasteiger partial charge in [0.25, 0.3) is 0 Å². The van der Waals surface area contributed by atoms with Crippen molar-refractivity contribution in [2.24, 2.45) is 0 Å². The number of unbranched alkanes of at least 4 members (excludes halogenated alkanes) is 1. The Morgan fingerprint density at radius 1 is 0.833 bits per heavy atom. The fraction of sp³-hybridized carbons (Fsp3) is 0.333. The second kappa shape index (κ2) is 6.39. The van der Waals surface area contributed by atoms with E-state index >= 15 is 0 Å². The van der Waals surface area contributed by atoms with Gasteiger partial charge in [-0.25, -0.2) is 0 Å². The van der Waals surface area contributed by atoms with E-state index < -0.39 is 0 Å². The summed E-state index contributed by atoms with van der Waals surface area (Å²) in [5.41, 5.74) is 4.22. The predicted molar refractivity (Wildman–Crippen MR) is 79.0 cm³/mol. The third-order valence-electron chi connectivity index (χ3n) is 3.53. The molecule has 0 saturated carbocycles. The van der Waals surface area contributed by atoms with Gasteiger partial charge in [-0.3, -0.25) is 0 Å². The van der Waals surface area contributed by atoms with Crippen molar-refractivity contribution in [1.82, 2.24) is 0 Å². The molecule has 18 heavy (non-hydrogen) atoms. The second-order valence-corrected chi connectivity index (χ2v) is 5.02. The monoisotopic (exact) mass is 238 g/mol. The molecule has 0 saturated heterocycles. The molecule has 0 spiro atoms. The fourth-order valence-electron chi connectivity index (χ4n) is 2.42. The van der Waals surface area contributed by atoms with Gasteiger partial charge in [-0.1, -0.05) is 79.9 Å². The molecular weight excluding hydrogens is 216 g/mol. The molecule has 2 aromatic carbocycles. The fourth-order valence-corrected chi connectivity index (χ4v) is 2.42. The summed E-state index contributed by atoms with van der Waals surface area (Å²) in [6.07, 6.45) is 3.78. The normalized spacial score (nSPS) is 12.3. The van der Waals surface area contributed by atoms with Crippen molar-refractivity contribution >= 4 is 0 Å². The first-order valence-corrected chi connectivity index (χ1v) is 6.92. The van der Waals surface area contributed by atoms with Crippen LogP contribution in [-0.2, 0) is 0 Å². The first-order chi connectivity index (χ1) is 8.81. The van der Waals surface area contributed by atoms with Gasteiger partial charge < -0.3 is 0 Å². The molecule has 2 aromatic rings. The van der Waals surface area contributed by atoms with Crippen LogP contribution in [-0.4, -0.2) is 0 Å². The Kier molecular flexibility index (Phi) is 4.58. The highest BCUT2D eigenvalue weighted by Gasteiger charge is 2.12. The zero-order valence-electron chi connectivity index (χ0n) is 11.4. The van der Waals surface area contributed by atoms with Crippen molar-refractivity contribution in [2.45, 2.75) is 39.0 Å². The molecule has 0 radical (unpaired) electrons. The standard InChI is InChI=1S/C18H22/c1-3-4-10-18(16-8-6-5-7-9-16)17-13-11-15(2)12-14-17/h5-9,11-14,18H,3-4,10H2,1-2H3. The van der Waals surface area contributed by atoms with Crippen LogP contribution in [0.1, 0.15) is 48.8 Å². The Bertz CT molecular complexity index is 453. The molecule has 94 valence electrons. The highest BCUT2D eigenvalue weighted by Crippen LogP contribution is 2.29. The molecule has 1 unspecified atom stereocenters. The quantitative estimate of drug-likeness (QED) is 0.661. The third-order valence-corrected chi connectivity index (χ3v) is 3.53. The molecule has 0 nitrogen and oxygen atoms in total. The van der Waals surface area contributed by atoms with E-state index in [1.165, 1.54) is 36.0 Å². The Morgan fingerprint density at radius 2 is 1.44 bits per heavy atom. The first-order valence-electron chi connectivity index (χ1n) is 6.92. The van der Waals surface area contributed by atoms with Gasteiger partial charge in [0, 0.05) is 5.92 Å². The highest BCUT2D eigenvalue weighted by molar-refractivity contribution is 5.33. The molecular formula is C18H22. The van der Waals surface area contributed by atoms with E-state index in [9.17, 15) is 0 Å². The number of hydrogen-bond acceptors (Lipinski definition) is 0. The average Bonchev–Trinajstić information content (AvgIpc) is 2.42. The van der Waals surface area contributed by atoms with Crippen LogP contribution in [0.25, 0.3) is 0 Å². The lowest BCUT2D eigenvalue weighted by atomic mass is 9.87. The summed E-state index contributed by atoms with van der Waals surface area (Å²) in [7, 11) is 0. The van der Waals surface area contributed by atoms with Gasteiger partial charge in [0.1, 0.15) is 0 Å². The lowest BCUT2D eigenvalue weighted by Gasteiger charge is -2.18. The van der Waals surface area contributed by atoms with E-state index in [1.54, 1.807) is 0 Å². The minimum absolute atomic E-state index is 0.548. The zero-order valence-corrected chi connectivity index (χ0v) is 11.4. The van der Waals surface area contributed by atoms with E-state index in [0.29, 0.717) is 5.92 Å². The Labute approximate surface area is 111 Å². The largest absolute Gasteiger partial charge is 0.0654 e. The average molecular weight is 238 g/mol. The lowest BCUT2D eigenvalue weighted by molar-refractivity contribution is 0.650. The lowest BCUT2D eigenvalue weighted by Crippen LogP contribution is -2.01. The van der Waals surface area contributed by atoms with Crippen LogP contribution in [0.5, 0.6) is 0 Å². The first kappa shape index (κ1) is 12.9. The molecule has 0 aliphatic carbocycles. The summed E-state index contributed by atoms with van der Waals surface area (Å²) >= 11 is 0. The highest BCUT2D eigenvalue weighted by atomic mass is 14.2. The summed E-state index contributed by atoms with van der Waals surface area (Å²) in [6.45, 7) is 4.41. The van der Waals surface area contributed by atoms with Gasteiger partial charge in [-0.2, -0.15) is 0 Å². The van der Waals surface area contributed by atoms with Crippen molar-refractivity contribution in [2.75, 3.05) is 0 Å². The molecule has 0 amide bonds. The van der Waals surface area contributed by atoms with E-state index in [-0.39, 0.29) is 0 Å². The molecule has 2 rings (SSSR count). The summed E-state index contributed by atoms with van der Waals surface area (Å²) in [6, 6.07) is 19.9. The summed E-state index contributed by atoms with van der Waals surface area (Å²) in [5.74, 6) is 0.548. The number of benzene rings is 2.